The van der Waals surface area contributed by atoms with Crippen LogP contribution < -0.4 is 5.32 Å². The monoisotopic (exact) mass is 315 g/mol. The summed E-state index contributed by atoms with van der Waals surface area (Å²) < 4.78 is 0. The smallest absolute Gasteiger partial charge is 0.318 e. The van der Waals surface area contributed by atoms with Gasteiger partial charge in [-0.05, 0) is 50.3 Å². The molecule has 2 fully saturated rings. The molecule has 2 amide bonds. The Hall–Kier alpha value is -1.55. The number of urea groups is 1. The minimum absolute atomic E-state index is 0.113. The predicted octanol–water partition coefficient (Wildman–Crippen LogP) is 3.02. The molecule has 2 aliphatic heterocycles. The lowest BCUT2D eigenvalue weighted by Gasteiger charge is -2.44. The number of nitrogens with zero attached hydrogens (tertiary/aromatic N) is 2. The summed E-state index contributed by atoms with van der Waals surface area (Å²) in [4.78, 5) is 17.2. The molecule has 3 rings (SSSR count). The van der Waals surface area contributed by atoms with Crippen molar-refractivity contribution < 1.29 is 4.79 Å². The molecule has 1 spiro atoms. The number of benzene rings is 1. The SMILES string of the molecule is CCc1cccc(CNC(=O)N2CCCC23CCN(C)CC3)c1. The molecule has 126 valence electrons. The van der Waals surface area contributed by atoms with Gasteiger partial charge in [-0.2, -0.15) is 0 Å². The molecule has 0 saturated carbocycles. The van der Waals surface area contributed by atoms with Crippen molar-refractivity contribution in [1.82, 2.24) is 15.1 Å². The second-order valence-corrected chi connectivity index (χ2v) is 7.12. The van der Waals surface area contributed by atoms with Gasteiger partial charge in [-0.3, -0.25) is 0 Å². The molecule has 0 radical (unpaired) electrons. The van der Waals surface area contributed by atoms with Crippen LogP contribution in [0.15, 0.2) is 24.3 Å². The Kier molecular flexibility index (Phi) is 4.90. The lowest BCUT2D eigenvalue weighted by Crippen LogP contribution is -2.55. The van der Waals surface area contributed by atoms with Gasteiger partial charge >= 0.3 is 6.03 Å². The van der Waals surface area contributed by atoms with Crippen molar-refractivity contribution in [3.63, 3.8) is 0 Å². The molecule has 4 nitrogen and oxygen atoms in total. The Labute approximate surface area is 139 Å². The maximum Gasteiger partial charge on any atom is 0.318 e. The van der Waals surface area contributed by atoms with Crippen LogP contribution in [-0.2, 0) is 13.0 Å². The van der Waals surface area contributed by atoms with Gasteiger partial charge in [-0.25, -0.2) is 4.79 Å². The van der Waals surface area contributed by atoms with E-state index in [2.05, 4.69) is 53.4 Å². The molecule has 4 heteroatoms. The van der Waals surface area contributed by atoms with Crippen molar-refractivity contribution in [1.29, 1.82) is 0 Å². The molecule has 0 atom stereocenters. The molecule has 1 aromatic carbocycles. The van der Waals surface area contributed by atoms with Crippen LogP contribution in [0.1, 0.15) is 43.7 Å². The fourth-order valence-corrected chi connectivity index (χ4v) is 4.04. The van der Waals surface area contributed by atoms with Crippen LogP contribution in [0.2, 0.25) is 0 Å². The van der Waals surface area contributed by atoms with Crippen molar-refractivity contribution in [2.24, 2.45) is 0 Å². The number of hydrogen-bond acceptors (Lipinski definition) is 2. The number of rotatable bonds is 3. The number of nitrogens with one attached hydrogen (secondary N) is 1. The van der Waals surface area contributed by atoms with Gasteiger partial charge in [0.2, 0.25) is 0 Å². The summed E-state index contributed by atoms with van der Waals surface area (Å²) in [6.07, 6.45) is 5.57. The summed E-state index contributed by atoms with van der Waals surface area (Å²) in [5.41, 5.74) is 2.63. The summed E-state index contributed by atoms with van der Waals surface area (Å²) in [6, 6.07) is 8.62. The molecule has 0 unspecified atom stereocenters. The van der Waals surface area contributed by atoms with E-state index in [0.717, 1.165) is 45.3 Å². The van der Waals surface area contributed by atoms with Gasteiger partial charge in [0.05, 0.1) is 0 Å². The quantitative estimate of drug-likeness (QED) is 0.930. The average Bonchev–Trinajstić information content (AvgIpc) is 2.99. The van der Waals surface area contributed by atoms with E-state index in [-0.39, 0.29) is 11.6 Å². The van der Waals surface area contributed by atoms with Crippen molar-refractivity contribution in [3.8, 4) is 0 Å². The van der Waals surface area contributed by atoms with E-state index in [9.17, 15) is 4.79 Å². The van der Waals surface area contributed by atoms with Crippen LogP contribution in [-0.4, -0.2) is 48.1 Å². The van der Waals surface area contributed by atoms with Gasteiger partial charge in [0.1, 0.15) is 0 Å². The van der Waals surface area contributed by atoms with Crippen molar-refractivity contribution >= 4 is 6.03 Å². The lowest BCUT2D eigenvalue weighted by molar-refractivity contribution is 0.0828. The van der Waals surface area contributed by atoms with Gasteiger partial charge in [0, 0.05) is 31.7 Å². The predicted molar refractivity (Wildman–Crippen MR) is 93.5 cm³/mol. The van der Waals surface area contributed by atoms with Gasteiger partial charge in [0.25, 0.3) is 0 Å². The Balaban J connectivity index is 1.61. The first-order chi connectivity index (χ1) is 11.1. The third kappa shape index (κ3) is 3.52. The summed E-state index contributed by atoms with van der Waals surface area (Å²) >= 11 is 0. The van der Waals surface area contributed by atoms with Crippen LogP contribution in [0.25, 0.3) is 0 Å². The number of carbonyl (C=O) groups excluding carboxylic acids is 1. The fraction of sp³-hybridized carbons (Fsp3) is 0.632. The topological polar surface area (TPSA) is 35.6 Å². The first-order valence-electron chi connectivity index (χ1n) is 8.95. The normalized spacial score (nSPS) is 20.9. The van der Waals surface area contributed by atoms with Crippen LogP contribution >= 0.6 is 0 Å². The molecule has 0 bridgehead atoms. The molecule has 1 aromatic rings. The highest BCUT2D eigenvalue weighted by Gasteiger charge is 2.44. The molecule has 2 heterocycles. The van der Waals surface area contributed by atoms with Gasteiger partial charge in [0.15, 0.2) is 0 Å². The van der Waals surface area contributed by atoms with Gasteiger partial charge < -0.3 is 15.1 Å². The molecule has 0 aliphatic carbocycles. The number of piperidine rings is 1. The van der Waals surface area contributed by atoms with Crippen molar-refractivity contribution in [2.45, 2.75) is 51.1 Å². The van der Waals surface area contributed by atoms with Gasteiger partial charge in [-0.15, -0.1) is 0 Å². The summed E-state index contributed by atoms with van der Waals surface area (Å²) in [5.74, 6) is 0. The van der Waals surface area contributed by atoms with Crippen LogP contribution in [0, 0.1) is 0 Å². The van der Waals surface area contributed by atoms with Crippen molar-refractivity contribution in [2.75, 3.05) is 26.7 Å². The number of amides is 2. The fourth-order valence-electron chi connectivity index (χ4n) is 4.04. The van der Waals surface area contributed by atoms with Crippen LogP contribution in [0.4, 0.5) is 4.79 Å². The lowest BCUT2D eigenvalue weighted by atomic mass is 9.85. The number of carbonyl (C=O) groups is 1. The largest absolute Gasteiger partial charge is 0.334 e. The Morgan fingerprint density at radius 2 is 1.91 bits per heavy atom. The van der Waals surface area contributed by atoms with E-state index >= 15 is 0 Å². The molecule has 2 saturated heterocycles. The highest BCUT2D eigenvalue weighted by Crippen LogP contribution is 2.38. The van der Waals surface area contributed by atoms with Crippen molar-refractivity contribution in [3.05, 3.63) is 35.4 Å². The highest BCUT2D eigenvalue weighted by atomic mass is 16.2. The van der Waals surface area contributed by atoms with E-state index < -0.39 is 0 Å². The zero-order chi connectivity index (χ0) is 16.3. The number of likely N-dealkylation sites (tertiary alicyclic amines) is 2. The second-order valence-electron chi connectivity index (χ2n) is 7.12. The molecule has 1 N–H and O–H groups in total. The first-order valence-corrected chi connectivity index (χ1v) is 8.95. The first kappa shape index (κ1) is 16.3. The summed E-state index contributed by atoms with van der Waals surface area (Å²) in [5, 5.41) is 3.15. The summed E-state index contributed by atoms with van der Waals surface area (Å²) in [6.45, 7) is 5.89. The summed E-state index contributed by atoms with van der Waals surface area (Å²) in [7, 11) is 2.17. The minimum Gasteiger partial charge on any atom is -0.334 e. The van der Waals surface area contributed by atoms with Gasteiger partial charge in [-0.1, -0.05) is 31.2 Å². The van der Waals surface area contributed by atoms with E-state index in [1.807, 2.05) is 0 Å². The molecule has 2 aliphatic rings. The number of hydrogen-bond donors (Lipinski definition) is 1. The zero-order valence-corrected chi connectivity index (χ0v) is 14.5. The van der Waals surface area contributed by atoms with E-state index in [1.54, 1.807) is 0 Å². The Morgan fingerprint density at radius 3 is 2.65 bits per heavy atom. The van der Waals surface area contributed by atoms with Crippen LogP contribution in [0.5, 0.6) is 0 Å². The zero-order valence-electron chi connectivity index (χ0n) is 14.5. The third-order valence-electron chi connectivity index (χ3n) is 5.60. The maximum absolute atomic E-state index is 12.7. The minimum atomic E-state index is 0.113. The van der Waals surface area contributed by atoms with E-state index in [1.165, 1.54) is 17.5 Å². The average molecular weight is 315 g/mol. The number of aryl methyl sites for hydroxylation is 1. The molecule has 0 aromatic heterocycles. The third-order valence-corrected chi connectivity index (χ3v) is 5.60. The molecular weight excluding hydrogens is 286 g/mol. The molecular formula is C19H29N3O. The molecule has 23 heavy (non-hydrogen) atoms. The van der Waals surface area contributed by atoms with Crippen LogP contribution in [0.3, 0.4) is 0 Å². The Morgan fingerprint density at radius 1 is 1.17 bits per heavy atom. The highest BCUT2D eigenvalue weighted by molar-refractivity contribution is 5.75. The van der Waals surface area contributed by atoms with E-state index in [4.69, 9.17) is 0 Å². The maximum atomic E-state index is 12.7. The Bertz CT molecular complexity index is 549. The standard InChI is InChI=1S/C19H29N3O/c1-3-16-6-4-7-17(14-16)15-20-18(23)22-11-5-8-19(22)9-12-21(2)13-10-19/h4,6-7,14H,3,5,8-13,15H2,1-2H3,(H,20,23). The van der Waals surface area contributed by atoms with E-state index in [0.29, 0.717) is 6.54 Å². The second kappa shape index (κ2) is 6.91.